The fourth-order valence-electron chi connectivity index (χ4n) is 3.34. The molecule has 2 amide bonds. The fourth-order valence-corrected chi connectivity index (χ4v) is 3.47. The van der Waals surface area contributed by atoms with Crippen LogP contribution in [0.1, 0.15) is 53.3 Å². The van der Waals surface area contributed by atoms with Crippen molar-refractivity contribution >= 4 is 34.8 Å². The van der Waals surface area contributed by atoms with Crippen molar-refractivity contribution < 1.29 is 9.59 Å². The zero-order valence-corrected chi connectivity index (χ0v) is 16.9. The smallest absolute Gasteiger partial charge is 0.255 e. The van der Waals surface area contributed by atoms with Crippen molar-refractivity contribution in [3.8, 4) is 0 Å². The lowest BCUT2D eigenvalue weighted by Gasteiger charge is -2.30. The highest BCUT2D eigenvalue weighted by molar-refractivity contribution is 6.30. The van der Waals surface area contributed by atoms with Gasteiger partial charge in [-0.2, -0.15) is 0 Å². The zero-order chi connectivity index (χ0) is 19.9. The normalized spacial score (nSPS) is 13.9. The SMILES string of the molecule is CCCNC(=O)c1cc(NC(=O)c2ccc(Cl)cc2)ccc1N1CCCCC1. The van der Waals surface area contributed by atoms with Gasteiger partial charge in [-0.15, -0.1) is 0 Å². The minimum Gasteiger partial charge on any atom is -0.371 e. The number of hydrogen-bond acceptors (Lipinski definition) is 3. The molecule has 28 heavy (non-hydrogen) atoms. The number of benzene rings is 2. The van der Waals surface area contributed by atoms with Crippen molar-refractivity contribution in [3.63, 3.8) is 0 Å². The number of nitrogens with zero attached hydrogens (tertiary/aromatic N) is 1. The van der Waals surface area contributed by atoms with Crippen molar-refractivity contribution in [1.82, 2.24) is 5.32 Å². The second-order valence-electron chi connectivity index (χ2n) is 7.00. The molecule has 0 bridgehead atoms. The minimum absolute atomic E-state index is 0.106. The highest BCUT2D eigenvalue weighted by Gasteiger charge is 2.19. The van der Waals surface area contributed by atoms with Crippen LogP contribution in [0.25, 0.3) is 0 Å². The largest absolute Gasteiger partial charge is 0.371 e. The molecule has 3 rings (SSSR count). The number of carbonyl (C=O) groups excluding carboxylic acids is 2. The number of carbonyl (C=O) groups is 2. The summed E-state index contributed by atoms with van der Waals surface area (Å²) in [5.74, 6) is -0.340. The predicted octanol–water partition coefficient (Wildman–Crippen LogP) is 4.72. The molecular weight excluding hydrogens is 374 g/mol. The van der Waals surface area contributed by atoms with Gasteiger partial charge in [-0.3, -0.25) is 9.59 Å². The minimum atomic E-state index is -0.234. The summed E-state index contributed by atoms with van der Waals surface area (Å²) >= 11 is 5.88. The lowest BCUT2D eigenvalue weighted by Crippen LogP contribution is -2.33. The van der Waals surface area contributed by atoms with E-state index in [1.54, 1.807) is 30.3 Å². The molecule has 0 unspecified atom stereocenters. The quantitative estimate of drug-likeness (QED) is 0.738. The van der Waals surface area contributed by atoms with Gasteiger partial charge in [-0.05, 0) is 68.1 Å². The lowest BCUT2D eigenvalue weighted by atomic mass is 10.1. The molecule has 2 N–H and O–H groups in total. The third kappa shape index (κ3) is 5.04. The van der Waals surface area contributed by atoms with Crippen LogP contribution in [0, 0.1) is 0 Å². The fraction of sp³-hybridized carbons (Fsp3) is 0.364. The van der Waals surface area contributed by atoms with Gasteiger partial charge >= 0.3 is 0 Å². The van der Waals surface area contributed by atoms with Crippen LogP contribution in [0.3, 0.4) is 0 Å². The summed E-state index contributed by atoms with van der Waals surface area (Å²) in [5.41, 5.74) is 2.64. The Morgan fingerprint density at radius 1 is 1.00 bits per heavy atom. The van der Waals surface area contributed by atoms with Crippen LogP contribution in [0.15, 0.2) is 42.5 Å². The Morgan fingerprint density at radius 2 is 1.71 bits per heavy atom. The van der Waals surface area contributed by atoms with Gasteiger partial charge in [0.1, 0.15) is 0 Å². The summed E-state index contributed by atoms with van der Waals surface area (Å²) in [6.45, 7) is 4.54. The van der Waals surface area contributed by atoms with Gasteiger partial charge in [0, 0.05) is 41.6 Å². The maximum atomic E-state index is 12.7. The first-order valence-corrected chi connectivity index (χ1v) is 10.2. The summed E-state index contributed by atoms with van der Waals surface area (Å²) in [6, 6.07) is 12.3. The molecule has 5 nitrogen and oxygen atoms in total. The van der Waals surface area contributed by atoms with E-state index in [1.807, 2.05) is 19.1 Å². The molecule has 1 fully saturated rings. The van der Waals surface area contributed by atoms with Gasteiger partial charge in [0.2, 0.25) is 0 Å². The Labute approximate surface area is 171 Å². The van der Waals surface area contributed by atoms with E-state index in [-0.39, 0.29) is 11.8 Å². The van der Waals surface area contributed by atoms with Gasteiger partial charge in [0.15, 0.2) is 0 Å². The predicted molar refractivity (Wildman–Crippen MR) is 115 cm³/mol. The average Bonchev–Trinajstić information content (AvgIpc) is 2.73. The van der Waals surface area contributed by atoms with Gasteiger partial charge in [0.05, 0.1) is 5.56 Å². The highest BCUT2D eigenvalue weighted by atomic mass is 35.5. The molecule has 2 aromatic rings. The summed E-state index contributed by atoms with van der Waals surface area (Å²) in [4.78, 5) is 27.5. The summed E-state index contributed by atoms with van der Waals surface area (Å²) < 4.78 is 0. The maximum Gasteiger partial charge on any atom is 0.255 e. The Bertz CT molecular complexity index is 830. The van der Waals surface area contributed by atoms with E-state index in [9.17, 15) is 9.59 Å². The van der Waals surface area contributed by atoms with Crippen LogP contribution >= 0.6 is 11.6 Å². The van der Waals surface area contributed by atoms with Crippen LogP contribution in [-0.4, -0.2) is 31.4 Å². The van der Waals surface area contributed by atoms with E-state index in [2.05, 4.69) is 15.5 Å². The number of rotatable bonds is 6. The number of hydrogen-bond donors (Lipinski definition) is 2. The van der Waals surface area contributed by atoms with E-state index in [4.69, 9.17) is 11.6 Å². The summed E-state index contributed by atoms with van der Waals surface area (Å²) in [5, 5.41) is 6.41. The van der Waals surface area contributed by atoms with Gasteiger partial charge in [-0.25, -0.2) is 0 Å². The molecule has 6 heteroatoms. The molecule has 0 aliphatic carbocycles. The van der Waals surface area contributed by atoms with Gasteiger partial charge < -0.3 is 15.5 Å². The zero-order valence-electron chi connectivity index (χ0n) is 16.1. The standard InChI is InChI=1S/C22H26ClN3O2/c1-2-12-24-22(28)19-15-18(10-11-20(19)26-13-4-3-5-14-26)25-21(27)16-6-8-17(23)9-7-16/h6-11,15H,2-5,12-14H2,1H3,(H,24,28)(H,25,27). The molecule has 1 aliphatic rings. The second kappa shape index (κ2) is 9.60. The molecule has 0 saturated carbocycles. The van der Waals surface area contributed by atoms with Crippen molar-refractivity contribution in [3.05, 3.63) is 58.6 Å². The van der Waals surface area contributed by atoms with Gasteiger partial charge in [-0.1, -0.05) is 18.5 Å². The second-order valence-corrected chi connectivity index (χ2v) is 7.43. The molecule has 0 atom stereocenters. The van der Waals surface area contributed by atoms with Crippen molar-refractivity contribution in [2.24, 2.45) is 0 Å². The first-order valence-electron chi connectivity index (χ1n) is 9.82. The number of anilines is 2. The van der Waals surface area contributed by atoms with Crippen LogP contribution < -0.4 is 15.5 Å². The number of amides is 2. The first-order chi connectivity index (χ1) is 13.6. The molecule has 0 radical (unpaired) electrons. The third-order valence-electron chi connectivity index (χ3n) is 4.84. The van der Waals surface area contributed by atoms with Crippen LogP contribution in [0.2, 0.25) is 5.02 Å². The molecule has 1 saturated heterocycles. The Kier molecular flexibility index (Phi) is 6.93. The molecule has 148 valence electrons. The van der Waals surface area contributed by atoms with E-state index in [0.717, 1.165) is 38.0 Å². The number of piperidine rings is 1. The number of halogens is 1. The van der Waals surface area contributed by atoms with E-state index < -0.39 is 0 Å². The summed E-state index contributed by atoms with van der Waals surface area (Å²) in [7, 11) is 0. The Balaban J connectivity index is 1.84. The van der Waals surface area contributed by atoms with Crippen molar-refractivity contribution in [2.45, 2.75) is 32.6 Å². The molecule has 0 spiro atoms. The number of nitrogens with one attached hydrogen (secondary N) is 2. The highest BCUT2D eigenvalue weighted by Crippen LogP contribution is 2.27. The first kappa shape index (κ1) is 20.2. The van der Waals surface area contributed by atoms with E-state index >= 15 is 0 Å². The van der Waals surface area contributed by atoms with Crippen LogP contribution in [0.5, 0.6) is 0 Å². The molecule has 2 aromatic carbocycles. The van der Waals surface area contributed by atoms with Crippen molar-refractivity contribution in [2.75, 3.05) is 29.9 Å². The monoisotopic (exact) mass is 399 g/mol. The topological polar surface area (TPSA) is 61.4 Å². The molecular formula is C22H26ClN3O2. The maximum absolute atomic E-state index is 12.7. The lowest BCUT2D eigenvalue weighted by molar-refractivity contribution is 0.0952. The van der Waals surface area contributed by atoms with Crippen LogP contribution in [-0.2, 0) is 0 Å². The van der Waals surface area contributed by atoms with Crippen LogP contribution in [0.4, 0.5) is 11.4 Å². The molecule has 1 aliphatic heterocycles. The van der Waals surface area contributed by atoms with E-state index in [0.29, 0.717) is 28.4 Å². The van der Waals surface area contributed by atoms with Crippen molar-refractivity contribution in [1.29, 1.82) is 0 Å². The third-order valence-corrected chi connectivity index (χ3v) is 5.09. The Hall–Kier alpha value is -2.53. The molecule has 1 heterocycles. The molecule has 0 aromatic heterocycles. The average molecular weight is 400 g/mol. The Morgan fingerprint density at radius 3 is 2.39 bits per heavy atom. The van der Waals surface area contributed by atoms with E-state index in [1.165, 1.54) is 6.42 Å². The van der Waals surface area contributed by atoms with Gasteiger partial charge in [0.25, 0.3) is 11.8 Å². The summed E-state index contributed by atoms with van der Waals surface area (Å²) in [6.07, 6.45) is 4.36.